The molecule has 3 N–H and O–H groups in total. The Morgan fingerprint density at radius 3 is 2.86 bits per heavy atom. The van der Waals surface area contributed by atoms with Crippen LogP contribution in [0.3, 0.4) is 0 Å². The summed E-state index contributed by atoms with van der Waals surface area (Å²) in [6, 6.07) is 0. The summed E-state index contributed by atoms with van der Waals surface area (Å²) in [5.74, 6) is -0.263. The highest BCUT2D eigenvalue weighted by Crippen LogP contribution is 2.38. The predicted octanol–water partition coefficient (Wildman–Crippen LogP) is 2.58. The van der Waals surface area contributed by atoms with Crippen molar-refractivity contribution in [3.05, 3.63) is 24.7 Å². The lowest BCUT2D eigenvalue weighted by Crippen LogP contribution is -2.48. The first kappa shape index (κ1) is 22.6. The number of nitrogens with zero attached hydrogens (tertiary/aromatic N) is 2. The first-order valence-corrected chi connectivity index (χ1v) is 10.1. The van der Waals surface area contributed by atoms with Gasteiger partial charge in [0, 0.05) is 12.6 Å². The molecule has 0 aromatic heterocycles. The first-order valence-electron chi connectivity index (χ1n) is 9.55. The number of alkyl halides is 2. The molecule has 1 fully saturated rings. The zero-order chi connectivity index (χ0) is 20.7. The molecule has 2 aliphatic rings. The Morgan fingerprint density at radius 2 is 2.21 bits per heavy atom. The van der Waals surface area contributed by atoms with E-state index in [0.29, 0.717) is 0 Å². The average molecular weight is 418 g/mol. The smallest absolute Gasteiger partial charge is 0.305 e. The summed E-state index contributed by atoms with van der Waals surface area (Å²) in [4.78, 5) is 17.3. The van der Waals surface area contributed by atoms with Gasteiger partial charge in [-0.3, -0.25) is 4.79 Å². The number of carbonyl (C=O) groups is 1. The van der Waals surface area contributed by atoms with Gasteiger partial charge in [0.2, 0.25) is 0 Å². The molecular weight excluding hydrogens is 389 g/mol. The Labute approximate surface area is 170 Å². The van der Waals surface area contributed by atoms with Crippen LogP contribution in [0, 0.1) is 0 Å². The Morgan fingerprint density at radius 1 is 1.50 bits per heavy atom. The first-order chi connectivity index (χ1) is 13.3. The predicted molar refractivity (Wildman–Crippen MR) is 105 cm³/mol. The molecule has 0 aromatic carbocycles. The number of carbonyl (C=O) groups excluding carboxylic acids is 1. The molecule has 28 heavy (non-hydrogen) atoms. The Hall–Kier alpha value is -1.64. The number of halogens is 2. The van der Waals surface area contributed by atoms with Gasteiger partial charge < -0.3 is 25.2 Å². The van der Waals surface area contributed by atoms with Crippen LogP contribution in [0.4, 0.5) is 4.39 Å². The van der Waals surface area contributed by atoms with E-state index in [1.165, 1.54) is 17.2 Å². The fourth-order valence-corrected chi connectivity index (χ4v) is 3.46. The van der Waals surface area contributed by atoms with Crippen LogP contribution in [0.1, 0.15) is 45.4 Å². The second kappa shape index (κ2) is 10.2. The molecule has 4 atom stereocenters. The third-order valence-electron chi connectivity index (χ3n) is 4.89. The molecule has 0 amide bonds. The van der Waals surface area contributed by atoms with Gasteiger partial charge in [-0.1, -0.05) is 39.2 Å². The summed E-state index contributed by atoms with van der Waals surface area (Å²) in [5, 5.41) is 10.4. The molecule has 0 unspecified atom stereocenters. The molecule has 2 heterocycles. The number of hydrogen-bond acceptors (Lipinski definition) is 7. The van der Waals surface area contributed by atoms with Gasteiger partial charge in [-0.25, -0.2) is 9.38 Å². The lowest BCUT2D eigenvalue weighted by molar-refractivity contribution is -0.163. The maximum atomic E-state index is 14.8. The summed E-state index contributed by atoms with van der Waals surface area (Å²) in [6.45, 7) is 5.50. The second-order valence-corrected chi connectivity index (χ2v) is 7.36. The van der Waals surface area contributed by atoms with Crippen molar-refractivity contribution in [2.45, 2.75) is 69.6 Å². The zero-order valence-electron chi connectivity index (χ0n) is 16.2. The summed E-state index contributed by atoms with van der Waals surface area (Å²) < 4.78 is 25.8. The van der Waals surface area contributed by atoms with Crippen LogP contribution in [0.2, 0.25) is 0 Å². The van der Waals surface area contributed by atoms with E-state index >= 15 is 0 Å². The summed E-state index contributed by atoms with van der Waals surface area (Å²) >= 11 is 5.98. The Bertz CT molecular complexity index is 630. The van der Waals surface area contributed by atoms with Crippen LogP contribution in [0.25, 0.3) is 0 Å². The van der Waals surface area contributed by atoms with Crippen LogP contribution in [0.15, 0.2) is 29.7 Å². The number of ether oxygens (including phenoxy) is 2. The minimum absolute atomic E-state index is 0.175. The lowest BCUT2D eigenvalue weighted by atomic mass is 9.99. The molecular formula is C19H29ClFN3O4. The minimum Gasteiger partial charge on any atom is -0.462 e. The molecule has 0 aromatic rings. The number of aliphatic hydroxyl groups is 1. The van der Waals surface area contributed by atoms with Crippen molar-refractivity contribution < 1.29 is 23.8 Å². The van der Waals surface area contributed by atoms with Gasteiger partial charge in [-0.05, 0) is 12.5 Å². The minimum atomic E-state index is -1.80. The number of hydrogen-bond donors (Lipinski definition) is 2. The maximum Gasteiger partial charge on any atom is 0.305 e. The van der Waals surface area contributed by atoms with Crippen molar-refractivity contribution in [2.24, 2.45) is 10.7 Å². The Balaban J connectivity index is 1.94. The maximum absolute atomic E-state index is 14.8. The van der Waals surface area contributed by atoms with Crippen molar-refractivity contribution in [1.29, 1.82) is 0 Å². The zero-order valence-corrected chi connectivity index (χ0v) is 16.9. The van der Waals surface area contributed by atoms with E-state index in [0.717, 1.165) is 32.1 Å². The summed E-state index contributed by atoms with van der Waals surface area (Å²) in [6.07, 6.45) is 3.63. The highest BCUT2D eigenvalue weighted by Gasteiger charge is 2.57. The number of rotatable bonds is 10. The SMILES string of the molecule is C=C1N=C(N)C=CN1[C@@H]1O[C@](CCl)(COC(=O)CCCCCCC)[C@@H](O)[C@H]1F. The highest BCUT2D eigenvalue weighted by atomic mass is 35.5. The van der Waals surface area contributed by atoms with Crippen LogP contribution in [0.5, 0.6) is 0 Å². The van der Waals surface area contributed by atoms with E-state index in [-0.39, 0.29) is 30.6 Å². The lowest BCUT2D eigenvalue weighted by Gasteiger charge is -2.32. The molecule has 9 heteroatoms. The van der Waals surface area contributed by atoms with Gasteiger partial charge in [0.25, 0.3) is 0 Å². The fourth-order valence-electron chi connectivity index (χ4n) is 3.17. The average Bonchev–Trinajstić information content (AvgIpc) is 2.92. The Kier molecular flexibility index (Phi) is 8.27. The van der Waals surface area contributed by atoms with E-state index in [4.69, 9.17) is 26.8 Å². The number of esters is 1. The topological polar surface area (TPSA) is 97.4 Å². The highest BCUT2D eigenvalue weighted by molar-refractivity contribution is 6.18. The van der Waals surface area contributed by atoms with E-state index in [1.54, 1.807) is 0 Å². The largest absolute Gasteiger partial charge is 0.462 e. The molecule has 0 bridgehead atoms. The van der Waals surface area contributed by atoms with E-state index in [2.05, 4.69) is 18.5 Å². The number of aliphatic hydroxyl groups excluding tert-OH is 1. The van der Waals surface area contributed by atoms with E-state index < -0.39 is 30.1 Å². The van der Waals surface area contributed by atoms with Crippen LogP contribution in [-0.2, 0) is 14.3 Å². The number of nitrogens with two attached hydrogens (primary N) is 1. The van der Waals surface area contributed by atoms with Gasteiger partial charge in [-0.15, -0.1) is 11.6 Å². The quantitative estimate of drug-likeness (QED) is 0.322. The summed E-state index contributed by atoms with van der Waals surface area (Å²) in [7, 11) is 0. The van der Waals surface area contributed by atoms with Gasteiger partial charge >= 0.3 is 5.97 Å². The van der Waals surface area contributed by atoms with E-state index in [1.807, 2.05) is 0 Å². The molecule has 0 spiro atoms. The van der Waals surface area contributed by atoms with Gasteiger partial charge in [-0.2, -0.15) is 0 Å². The molecule has 1 saturated heterocycles. The normalized spacial score (nSPS) is 29.9. The van der Waals surface area contributed by atoms with Crippen LogP contribution < -0.4 is 5.73 Å². The van der Waals surface area contributed by atoms with Gasteiger partial charge in [0.05, 0.1) is 5.88 Å². The van der Waals surface area contributed by atoms with Crippen molar-refractivity contribution in [3.63, 3.8) is 0 Å². The number of aliphatic imine (C=N–C) groups is 1. The third-order valence-corrected chi connectivity index (χ3v) is 5.35. The fraction of sp³-hybridized carbons (Fsp3) is 0.684. The van der Waals surface area contributed by atoms with Crippen LogP contribution in [-0.4, -0.2) is 58.4 Å². The molecule has 7 nitrogen and oxygen atoms in total. The monoisotopic (exact) mass is 417 g/mol. The molecule has 2 aliphatic heterocycles. The number of unbranched alkanes of at least 4 members (excludes halogenated alkanes) is 4. The molecule has 0 aliphatic carbocycles. The molecule has 0 radical (unpaired) electrons. The number of amidine groups is 1. The summed E-state index contributed by atoms with van der Waals surface area (Å²) in [5.41, 5.74) is 4.04. The van der Waals surface area contributed by atoms with Crippen LogP contribution >= 0.6 is 11.6 Å². The molecule has 158 valence electrons. The van der Waals surface area contributed by atoms with Crippen molar-refractivity contribution >= 4 is 23.4 Å². The van der Waals surface area contributed by atoms with E-state index in [9.17, 15) is 14.3 Å². The van der Waals surface area contributed by atoms with Crippen molar-refractivity contribution in [3.8, 4) is 0 Å². The van der Waals surface area contributed by atoms with Gasteiger partial charge in [0.1, 0.15) is 30.0 Å². The van der Waals surface area contributed by atoms with Crippen molar-refractivity contribution in [2.75, 3.05) is 12.5 Å². The second-order valence-electron chi connectivity index (χ2n) is 7.10. The van der Waals surface area contributed by atoms with Gasteiger partial charge in [0.15, 0.2) is 12.4 Å². The molecule has 0 saturated carbocycles. The molecule has 2 rings (SSSR count). The van der Waals surface area contributed by atoms with Crippen molar-refractivity contribution in [1.82, 2.24) is 4.90 Å². The third kappa shape index (κ3) is 5.24. The standard InChI is InChI=1S/C19H29ClFN3O4/c1-3-4-5-6-7-8-15(25)27-12-19(11-20)17(26)16(21)18(28-19)24-10-9-14(22)23-13(24)2/h9-10,16-18,26H,2-8,11-12H2,1H3,(H2,22,23)/t16-,17+,18-,19-/m1/s1.